The molecule has 0 spiro atoms. The van der Waals surface area contributed by atoms with E-state index in [-0.39, 0.29) is 17.5 Å². The van der Waals surface area contributed by atoms with E-state index < -0.39 is 0 Å². The number of carbonyl (C=O) groups excluding carboxylic acids is 1. The molecule has 1 aromatic carbocycles. The molecule has 1 aromatic rings. The number of rotatable bonds is 3. The van der Waals surface area contributed by atoms with Gasteiger partial charge in [0.05, 0.1) is 6.54 Å². The Labute approximate surface area is 119 Å². The number of nitrogens with one attached hydrogen (secondary N) is 1. The summed E-state index contributed by atoms with van der Waals surface area (Å²) in [7, 11) is 0. The van der Waals surface area contributed by atoms with Crippen LogP contribution in [0.3, 0.4) is 0 Å². The Hall–Kier alpha value is -1.06. The number of hydrogen-bond acceptors (Lipinski definition) is 2. The zero-order valence-electron chi connectivity index (χ0n) is 11.7. The zero-order valence-corrected chi connectivity index (χ0v) is 12.5. The van der Waals surface area contributed by atoms with E-state index in [1.165, 1.54) is 0 Å². The number of amides is 1. The van der Waals surface area contributed by atoms with Crippen molar-refractivity contribution in [2.45, 2.75) is 33.4 Å². The predicted molar refractivity (Wildman–Crippen MR) is 78.0 cm³/mol. The predicted octanol–water partition coefficient (Wildman–Crippen LogP) is 3.21. The summed E-state index contributed by atoms with van der Waals surface area (Å²) in [5, 5.41) is 3.98. The van der Waals surface area contributed by atoms with Gasteiger partial charge >= 0.3 is 0 Å². The van der Waals surface area contributed by atoms with Crippen molar-refractivity contribution in [3.63, 3.8) is 0 Å². The molecule has 1 aliphatic rings. The number of carbonyl (C=O) groups is 1. The lowest BCUT2D eigenvalue weighted by molar-refractivity contribution is -0.128. The zero-order chi connectivity index (χ0) is 14.0. The molecule has 19 heavy (non-hydrogen) atoms. The molecule has 1 N–H and O–H groups in total. The van der Waals surface area contributed by atoms with Gasteiger partial charge in [-0.1, -0.05) is 44.5 Å². The highest BCUT2D eigenvalue weighted by molar-refractivity contribution is 6.30. The van der Waals surface area contributed by atoms with E-state index in [9.17, 15) is 4.79 Å². The molecule has 1 aliphatic heterocycles. The first kappa shape index (κ1) is 14.4. The lowest BCUT2D eigenvalue weighted by Crippen LogP contribution is -2.33. The largest absolute Gasteiger partial charge is 0.322 e. The van der Waals surface area contributed by atoms with Crippen LogP contribution in [0.5, 0.6) is 0 Å². The van der Waals surface area contributed by atoms with Gasteiger partial charge < -0.3 is 4.90 Å². The summed E-state index contributed by atoms with van der Waals surface area (Å²) >= 11 is 5.90. The standard InChI is InChI=1S/C15H21ClN2O/c1-15(2,3)8-9-18-13(19)10-17-14(18)11-4-6-12(16)7-5-11/h4-7,14,17H,8-10H2,1-3H3. The Balaban J connectivity index is 2.11. The van der Waals surface area contributed by atoms with Crippen LogP contribution in [0.25, 0.3) is 0 Å². The second-order valence-electron chi connectivity index (χ2n) is 6.23. The average Bonchev–Trinajstić information content (AvgIpc) is 2.68. The monoisotopic (exact) mass is 280 g/mol. The van der Waals surface area contributed by atoms with Crippen molar-refractivity contribution in [1.29, 1.82) is 0 Å². The fourth-order valence-electron chi connectivity index (χ4n) is 2.19. The average molecular weight is 281 g/mol. The highest BCUT2D eigenvalue weighted by Gasteiger charge is 2.31. The summed E-state index contributed by atoms with van der Waals surface area (Å²) in [6, 6.07) is 7.68. The van der Waals surface area contributed by atoms with Gasteiger partial charge in [-0.05, 0) is 29.5 Å². The minimum atomic E-state index is -0.0212. The molecule has 1 fully saturated rings. The molecular formula is C15H21ClN2O. The van der Waals surface area contributed by atoms with Crippen LogP contribution >= 0.6 is 11.6 Å². The first-order valence-corrected chi connectivity index (χ1v) is 7.03. The van der Waals surface area contributed by atoms with Crippen molar-refractivity contribution in [2.24, 2.45) is 5.41 Å². The van der Waals surface area contributed by atoms with Crippen molar-refractivity contribution < 1.29 is 4.79 Å². The maximum absolute atomic E-state index is 12.0. The smallest absolute Gasteiger partial charge is 0.238 e. The molecule has 3 nitrogen and oxygen atoms in total. The van der Waals surface area contributed by atoms with Crippen LogP contribution in [0.4, 0.5) is 0 Å². The fraction of sp³-hybridized carbons (Fsp3) is 0.533. The minimum Gasteiger partial charge on any atom is -0.322 e. The third kappa shape index (κ3) is 3.71. The van der Waals surface area contributed by atoms with E-state index in [0.717, 1.165) is 18.5 Å². The van der Waals surface area contributed by atoms with Gasteiger partial charge in [0.1, 0.15) is 6.17 Å². The topological polar surface area (TPSA) is 32.3 Å². The van der Waals surface area contributed by atoms with Gasteiger partial charge in [-0.3, -0.25) is 10.1 Å². The Kier molecular flexibility index (Phi) is 4.16. The van der Waals surface area contributed by atoms with Crippen LogP contribution in [0.2, 0.25) is 5.02 Å². The molecule has 1 saturated heterocycles. The van der Waals surface area contributed by atoms with E-state index in [0.29, 0.717) is 11.6 Å². The van der Waals surface area contributed by atoms with Crippen LogP contribution in [-0.2, 0) is 4.79 Å². The lowest BCUT2D eigenvalue weighted by atomic mass is 9.92. The van der Waals surface area contributed by atoms with E-state index in [4.69, 9.17) is 11.6 Å². The van der Waals surface area contributed by atoms with Gasteiger partial charge in [-0.25, -0.2) is 0 Å². The molecule has 104 valence electrons. The van der Waals surface area contributed by atoms with Gasteiger partial charge in [-0.2, -0.15) is 0 Å². The van der Waals surface area contributed by atoms with Crippen molar-refractivity contribution in [2.75, 3.05) is 13.1 Å². The summed E-state index contributed by atoms with van der Waals surface area (Å²) in [5.74, 6) is 0.171. The highest BCUT2D eigenvalue weighted by atomic mass is 35.5. The third-order valence-electron chi connectivity index (χ3n) is 3.37. The van der Waals surface area contributed by atoms with Crippen LogP contribution in [0, 0.1) is 5.41 Å². The molecule has 4 heteroatoms. The van der Waals surface area contributed by atoms with Gasteiger partial charge in [0, 0.05) is 11.6 Å². The number of hydrogen-bond donors (Lipinski definition) is 1. The van der Waals surface area contributed by atoms with Crippen molar-refractivity contribution in [3.05, 3.63) is 34.9 Å². The molecule has 0 bridgehead atoms. The van der Waals surface area contributed by atoms with Crippen LogP contribution in [0.1, 0.15) is 38.9 Å². The van der Waals surface area contributed by atoms with E-state index >= 15 is 0 Å². The summed E-state index contributed by atoms with van der Waals surface area (Å²) in [6.45, 7) is 7.77. The maximum Gasteiger partial charge on any atom is 0.238 e. The Bertz CT molecular complexity index is 450. The molecule has 1 heterocycles. The molecule has 1 amide bonds. The quantitative estimate of drug-likeness (QED) is 0.922. The van der Waals surface area contributed by atoms with Crippen LogP contribution in [-0.4, -0.2) is 23.9 Å². The molecule has 0 aliphatic carbocycles. The first-order chi connectivity index (χ1) is 8.87. The molecular weight excluding hydrogens is 260 g/mol. The molecule has 1 atom stereocenters. The normalized spacial score (nSPS) is 20.1. The van der Waals surface area contributed by atoms with Gasteiger partial charge in [0.25, 0.3) is 0 Å². The molecule has 0 aromatic heterocycles. The Morgan fingerprint density at radius 3 is 2.53 bits per heavy atom. The third-order valence-corrected chi connectivity index (χ3v) is 3.62. The Morgan fingerprint density at radius 2 is 1.95 bits per heavy atom. The second kappa shape index (κ2) is 5.51. The summed E-state index contributed by atoms with van der Waals surface area (Å²) in [4.78, 5) is 13.9. The summed E-state index contributed by atoms with van der Waals surface area (Å²) < 4.78 is 0. The highest BCUT2D eigenvalue weighted by Crippen LogP contribution is 2.27. The van der Waals surface area contributed by atoms with Crippen molar-refractivity contribution in [1.82, 2.24) is 10.2 Å². The summed E-state index contributed by atoms with van der Waals surface area (Å²) in [5.41, 5.74) is 1.32. The van der Waals surface area contributed by atoms with Gasteiger partial charge in [0.15, 0.2) is 0 Å². The molecule has 2 rings (SSSR count). The van der Waals surface area contributed by atoms with E-state index in [2.05, 4.69) is 26.1 Å². The second-order valence-corrected chi connectivity index (χ2v) is 6.67. The fourth-order valence-corrected chi connectivity index (χ4v) is 2.32. The van der Waals surface area contributed by atoms with E-state index in [1.54, 1.807) is 0 Å². The first-order valence-electron chi connectivity index (χ1n) is 6.65. The number of halogens is 1. The van der Waals surface area contributed by atoms with Gasteiger partial charge in [0.2, 0.25) is 5.91 Å². The maximum atomic E-state index is 12.0. The van der Waals surface area contributed by atoms with Crippen LogP contribution < -0.4 is 5.32 Å². The SMILES string of the molecule is CC(C)(C)CCN1C(=O)CNC1c1ccc(Cl)cc1. The molecule has 0 radical (unpaired) electrons. The van der Waals surface area contributed by atoms with Crippen molar-refractivity contribution in [3.8, 4) is 0 Å². The van der Waals surface area contributed by atoms with Crippen LogP contribution in [0.15, 0.2) is 24.3 Å². The minimum absolute atomic E-state index is 0.0212. The number of nitrogens with zero attached hydrogens (tertiary/aromatic N) is 1. The molecule has 0 saturated carbocycles. The number of benzene rings is 1. The summed E-state index contributed by atoms with van der Waals surface area (Å²) in [6.07, 6.45) is 0.969. The van der Waals surface area contributed by atoms with E-state index in [1.807, 2.05) is 29.2 Å². The van der Waals surface area contributed by atoms with Gasteiger partial charge in [-0.15, -0.1) is 0 Å². The lowest BCUT2D eigenvalue weighted by Gasteiger charge is -2.28. The molecule has 1 unspecified atom stereocenters. The van der Waals surface area contributed by atoms with Crippen molar-refractivity contribution >= 4 is 17.5 Å². The Morgan fingerprint density at radius 1 is 1.32 bits per heavy atom.